The summed E-state index contributed by atoms with van der Waals surface area (Å²) in [6, 6.07) is 12.6. The van der Waals surface area contributed by atoms with Crippen LogP contribution in [0.4, 0.5) is 5.69 Å². The van der Waals surface area contributed by atoms with Gasteiger partial charge in [0.1, 0.15) is 6.04 Å². The predicted octanol–water partition coefficient (Wildman–Crippen LogP) is 1.35. The Bertz CT molecular complexity index is 1050. The molecule has 0 aromatic heterocycles. The molecule has 2 aromatic rings. The fourth-order valence-corrected chi connectivity index (χ4v) is 2.80. The van der Waals surface area contributed by atoms with Crippen LogP contribution in [0.5, 0.6) is 0 Å². The number of nitrogens with zero attached hydrogens (tertiary/aromatic N) is 1. The van der Waals surface area contributed by atoms with E-state index in [0.717, 1.165) is 5.56 Å². The second-order valence-electron chi connectivity index (χ2n) is 8.13. The van der Waals surface area contributed by atoms with Crippen LogP contribution in [0, 0.1) is 11.8 Å². The van der Waals surface area contributed by atoms with E-state index in [1.165, 1.54) is 12.4 Å². The molecule has 2 aromatic carbocycles. The van der Waals surface area contributed by atoms with Gasteiger partial charge in [-0.2, -0.15) is 0 Å². The average molecular weight is 467 g/mol. The number of carbonyl (C=O) groups is 3. The molecule has 9 nitrogen and oxygen atoms in total. The van der Waals surface area contributed by atoms with E-state index < -0.39 is 24.0 Å². The topological polar surface area (TPSA) is 131 Å². The molecule has 0 radical (unpaired) electrons. The Balaban J connectivity index is 1.98. The van der Waals surface area contributed by atoms with Gasteiger partial charge in [0.05, 0.1) is 12.6 Å². The summed E-state index contributed by atoms with van der Waals surface area (Å²) < 4.78 is 0. The monoisotopic (exact) mass is 466 g/mol. The number of amides is 3. The van der Waals surface area contributed by atoms with Gasteiger partial charge >= 0.3 is 0 Å². The number of nitrogens with one attached hydrogen (secondary N) is 3. The lowest BCUT2D eigenvalue weighted by Gasteiger charge is -2.20. The van der Waals surface area contributed by atoms with Crippen molar-refractivity contribution >= 4 is 23.4 Å². The predicted molar refractivity (Wildman–Crippen MR) is 128 cm³/mol. The first-order chi connectivity index (χ1) is 16.1. The second-order valence-corrected chi connectivity index (χ2v) is 8.13. The van der Waals surface area contributed by atoms with Crippen molar-refractivity contribution in [3.05, 3.63) is 65.2 Å². The summed E-state index contributed by atoms with van der Waals surface area (Å²) in [6.07, 6.45) is -1.19. The highest BCUT2D eigenvalue weighted by Crippen LogP contribution is 2.10. The normalized spacial score (nSPS) is 12.4. The van der Waals surface area contributed by atoms with Crippen molar-refractivity contribution in [1.29, 1.82) is 0 Å². The van der Waals surface area contributed by atoms with Gasteiger partial charge in [0.25, 0.3) is 11.8 Å². The zero-order valence-electron chi connectivity index (χ0n) is 19.6. The number of benzene rings is 2. The van der Waals surface area contributed by atoms with Crippen LogP contribution >= 0.6 is 0 Å². The van der Waals surface area contributed by atoms with Crippen molar-refractivity contribution in [1.82, 2.24) is 15.7 Å². The number of aliphatic hydroxyl groups excluding tert-OH is 1. The molecule has 0 aliphatic carbocycles. The quantitative estimate of drug-likeness (QED) is 0.227. The number of hydrogen-bond acceptors (Lipinski definition) is 6. The van der Waals surface area contributed by atoms with E-state index in [1.54, 1.807) is 48.5 Å². The molecular formula is C25H30N4O5. The van der Waals surface area contributed by atoms with Gasteiger partial charge in [0.2, 0.25) is 5.91 Å². The third-order valence-electron chi connectivity index (χ3n) is 5.10. The first kappa shape index (κ1) is 26.5. The Morgan fingerprint density at radius 1 is 0.941 bits per heavy atom. The molecule has 0 aliphatic heterocycles. The van der Waals surface area contributed by atoms with Crippen LogP contribution in [0.2, 0.25) is 0 Å². The van der Waals surface area contributed by atoms with Crippen molar-refractivity contribution in [3.63, 3.8) is 0 Å². The molecule has 2 atom stereocenters. The molecule has 34 heavy (non-hydrogen) atoms. The number of hydroxylamine groups is 1. The van der Waals surface area contributed by atoms with E-state index in [4.69, 9.17) is 5.21 Å². The SMILES string of the molecule is CC(C)N(C)CC(=O)Nc1ccc(C#Cc2ccc(C(=O)N[C@H](C(=O)NO)[C@@H](C)O)cc2)cc1. The van der Waals surface area contributed by atoms with Crippen LogP contribution in [0.1, 0.15) is 42.3 Å². The van der Waals surface area contributed by atoms with Crippen molar-refractivity contribution in [2.75, 3.05) is 18.9 Å². The zero-order valence-corrected chi connectivity index (χ0v) is 19.6. The lowest BCUT2D eigenvalue weighted by atomic mass is 10.1. The zero-order chi connectivity index (χ0) is 25.3. The molecule has 5 N–H and O–H groups in total. The Hall–Kier alpha value is -3.71. The first-order valence-corrected chi connectivity index (χ1v) is 10.8. The maximum Gasteiger partial charge on any atom is 0.268 e. The van der Waals surface area contributed by atoms with E-state index >= 15 is 0 Å². The van der Waals surface area contributed by atoms with Crippen molar-refractivity contribution in [3.8, 4) is 11.8 Å². The molecule has 0 fully saturated rings. The lowest BCUT2D eigenvalue weighted by Crippen LogP contribution is -2.51. The van der Waals surface area contributed by atoms with E-state index in [0.29, 0.717) is 17.8 Å². The van der Waals surface area contributed by atoms with E-state index in [-0.39, 0.29) is 17.5 Å². The molecule has 0 saturated carbocycles. The van der Waals surface area contributed by atoms with Gasteiger partial charge in [-0.05, 0) is 76.3 Å². The number of anilines is 1. The largest absolute Gasteiger partial charge is 0.391 e. The first-order valence-electron chi connectivity index (χ1n) is 10.8. The van der Waals surface area contributed by atoms with Gasteiger partial charge in [-0.1, -0.05) is 11.8 Å². The van der Waals surface area contributed by atoms with E-state index in [9.17, 15) is 19.5 Å². The van der Waals surface area contributed by atoms with Gasteiger partial charge < -0.3 is 15.7 Å². The van der Waals surface area contributed by atoms with Crippen molar-refractivity contribution in [2.24, 2.45) is 0 Å². The van der Waals surface area contributed by atoms with Gasteiger partial charge in [-0.3, -0.25) is 24.5 Å². The molecule has 0 saturated heterocycles. The molecule has 180 valence electrons. The van der Waals surface area contributed by atoms with Crippen molar-refractivity contribution in [2.45, 2.75) is 39.0 Å². The molecule has 0 bridgehead atoms. The summed E-state index contributed by atoms with van der Waals surface area (Å²) in [7, 11) is 1.89. The molecule has 2 rings (SSSR count). The minimum absolute atomic E-state index is 0.0871. The van der Waals surface area contributed by atoms with E-state index in [1.807, 2.05) is 25.8 Å². The fraction of sp³-hybridized carbons (Fsp3) is 0.320. The third kappa shape index (κ3) is 8.01. The lowest BCUT2D eigenvalue weighted by molar-refractivity contribution is -0.133. The summed E-state index contributed by atoms with van der Waals surface area (Å²) in [6.45, 7) is 5.68. The van der Waals surface area contributed by atoms with Crippen molar-refractivity contribution < 1.29 is 24.7 Å². The summed E-state index contributed by atoms with van der Waals surface area (Å²) >= 11 is 0. The number of carbonyl (C=O) groups excluding carboxylic acids is 3. The molecule has 0 unspecified atom stereocenters. The smallest absolute Gasteiger partial charge is 0.268 e. The van der Waals surface area contributed by atoms with E-state index in [2.05, 4.69) is 22.5 Å². The molecule has 0 aliphatic rings. The van der Waals surface area contributed by atoms with Crippen LogP contribution in [0.25, 0.3) is 0 Å². The highest BCUT2D eigenvalue weighted by molar-refractivity contribution is 5.97. The number of aliphatic hydroxyl groups is 1. The summed E-state index contributed by atoms with van der Waals surface area (Å²) in [5, 5.41) is 23.6. The maximum atomic E-state index is 12.3. The Morgan fingerprint density at radius 2 is 1.47 bits per heavy atom. The van der Waals surface area contributed by atoms with Crippen LogP contribution in [0.3, 0.4) is 0 Å². The minimum atomic E-state index is -1.29. The molecule has 3 amide bonds. The fourth-order valence-electron chi connectivity index (χ4n) is 2.80. The van der Waals surface area contributed by atoms with Crippen LogP contribution in [0.15, 0.2) is 48.5 Å². The van der Waals surface area contributed by atoms with Gasteiger partial charge in [-0.25, -0.2) is 5.48 Å². The highest BCUT2D eigenvalue weighted by Gasteiger charge is 2.25. The minimum Gasteiger partial charge on any atom is -0.391 e. The maximum absolute atomic E-state index is 12.3. The molecule has 0 spiro atoms. The summed E-state index contributed by atoms with van der Waals surface area (Å²) in [5.41, 5.74) is 3.80. The third-order valence-corrected chi connectivity index (χ3v) is 5.10. The average Bonchev–Trinajstić information content (AvgIpc) is 2.81. The number of rotatable bonds is 8. The van der Waals surface area contributed by atoms with Crippen LogP contribution in [-0.4, -0.2) is 64.7 Å². The van der Waals surface area contributed by atoms with Gasteiger partial charge in [-0.15, -0.1) is 0 Å². The standard InChI is InChI=1S/C25H30N4O5/c1-16(2)29(4)15-22(31)26-21-13-9-19(10-14-21)6-5-18-7-11-20(12-8-18)24(32)27-23(17(3)30)25(33)28-34/h7-14,16-17,23,30,34H,15H2,1-4H3,(H,26,31)(H,27,32)(H,28,33)/t17-,23+/m1/s1. The Kier molecular flexibility index (Phi) is 9.76. The van der Waals surface area contributed by atoms with Gasteiger partial charge in [0, 0.05) is 28.4 Å². The molecule has 0 heterocycles. The summed E-state index contributed by atoms with van der Waals surface area (Å²) in [5.74, 6) is 4.44. The Labute approximate surface area is 199 Å². The van der Waals surface area contributed by atoms with Gasteiger partial charge in [0.15, 0.2) is 0 Å². The van der Waals surface area contributed by atoms with Crippen LogP contribution in [-0.2, 0) is 9.59 Å². The summed E-state index contributed by atoms with van der Waals surface area (Å²) in [4.78, 5) is 37.9. The number of likely N-dealkylation sites (N-methyl/N-ethyl adjacent to an activating group) is 1. The number of hydrogen-bond donors (Lipinski definition) is 5. The second kappa shape index (κ2) is 12.5. The molecule has 9 heteroatoms. The Morgan fingerprint density at radius 3 is 1.94 bits per heavy atom. The van der Waals surface area contributed by atoms with Crippen LogP contribution < -0.4 is 16.1 Å². The highest BCUT2D eigenvalue weighted by atomic mass is 16.5. The molecular weight excluding hydrogens is 436 g/mol.